The highest BCUT2D eigenvalue weighted by Gasteiger charge is 2.27. The molecular weight excluding hydrogens is 405 g/mol. The minimum absolute atomic E-state index is 0.0196. The van der Waals surface area contributed by atoms with Crippen molar-refractivity contribution in [2.75, 3.05) is 33.2 Å². The fourth-order valence-electron chi connectivity index (χ4n) is 3.79. The normalized spacial score (nSPS) is 16.1. The molecule has 1 atom stereocenters. The zero-order valence-electron chi connectivity index (χ0n) is 17.4. The lowest BCUT2D eigenvalue weighted by Gasteiger charge is -2.30. The second-order valence-corrected chi connectivity index (χ2v) is 8.13. The third kappa shape index (κ3) is 5.58. The second kappa shape index (κ2) is 10.0. The zero-order chi connectivity index (χ0) is 21.7. The molecule has 3 rings (SSSR count). The van der Waals surface area contributed by atoms with E-state index >= 15 is 0 Å². The van der Waals surface area contributed by atoms with Crippen molar-refractivity contribution >= 4 is 23.4 Å². The van der Waals surface area contributed by atoms with Gasteiger partial charge in [0.2, 0.25) is 5.91 Å². The maximum atomic E-state index is 13.4. The van der Waals surface area contributed by atoms with Gasteiger partial charge in [0, 0.05) is 50.4 Å². The average Bonchev–Trinajstić information content (AvgIpc) is 2.98. The van der Waals surface area contributed by atoms with Gasteiger partial charge in [0.15, 0.2) is 0 Å². The van der Waals surface area contributed by atoms with Gasteiger partial charge in [-0.3, -0.25) is 14.5 Å². The van der Waals surface area contributed by atoms with Crippen LogP contribution in [0.3, 0.4) is 0 Å². The summed E-state index contributed by atoms with van der Waals surface area (Å²) in [5.41, 5.74) is 1.34. The van der Waals surface area contributed by atoms with Crippen LogP contribution in [0.4, 0.5) is 4.39 Å². The number of carbonyl (C=O) groups is 2. The largest absolute Gasteiger partial charge is 0.340 e. The predicted octanol–water partition coefficient (Wildman–Crippen LogP) is 3.67. The highest BCUT2D eigenvalue weighted by Crippen LogP contribution is 2.16. The number of carbonyl (C=O) groups excluding carboxylic acids is 2. The van der Waals surface area contributed by atoms with E-state index in [1.807, 2.05) is 17.9 Å². The summed E-state index contributed by atoms with van der Waals surface area (Å²) in [6.45, 7) is 4.79. The van der Waals surface area contributed by atoms with Gasteiger partial charge in [0.1, 0.15) is 5.82 Å². The molecule has 2 aromatic rings. The Kier molecular flexibility index (Phi) is 7.45. The molecule has 160 valence electrons. The van der Waals surface area contributed by atoms with E-state index in [9.17, 15) is 14.0 Å². The molecule has 2 amide bonds. The molecule has 0 radical (unpaired) electrons. The summed E-state index contributed by atoms with van der Waals surface area (Å²) in [6.07, 6.45) is 0.789. The summed E-state index contributed by atoms with van der Waals surface area (Å²) in [5.74, 6) is -0.367. The monoisotopic (exact) mass is 431 g/mol. The minimum atomic E-state index is -0.315. The topological polar surface area (TPSA) is 43.9 Å². The van der Waals surface area contributed by atoms with Crippen LogP contribution in [0, 0.1) is 5.82 Å². The quantitative estimate of drug-likeness (QED) is 0.725. The van der Waals surface area contributed by atoms with Gasteiger partial charge in [-0.25, -0.2) is 4.39 Å². The first-order valence-electron chi connectivity index (χ1n) is 10.1. The Morgan fingerprint density at radius 3 is 2.60 bits per heavy atom. The first-order valence-corrected chi connectivity index (χ1v) is 10.5. The van der Waals surface area contributed by atoms with Crippen molar-refractivity contribution in [2.45, 2.75) is 25.9 Å². The molecule has 1 heterocycles. The van der Waals surface area contributed by atoms with Gasteiger partial charge in [-0.15, -0.1) is 0 Å². The van der Waals surface area contributed by atoms with Gasteiger partial charge in [-0.2, -0.15) is 0 Å². The van der Waals surface area contributed by atoms with Crippen LogP contribution in [0.15, 0.2) is 48.5 Å². The van der Waals surface area contributed by atoms with Crippen LogP contribution in [0.25, 0.3) is 0 Å². The smallest absolute Gasteiger partial charge is 0.253 e. The van der Waals surface area contributed by atoms with Crippen molar-refractivity contribution in [3.63, 3.8) is 0 Å². The number of benzene rings is 2. The molecule has 1 saturated heterocycles. The van der Waals surface area contributed by atoms with Crippen molar-refractivity contribution in [3.8, 4) is 0 Å². The summed E-state index contributed by atoms with van der Waals surface area (Å²) in [5, 5.41) is 0.540. The molecule has 1 aliphatic heterocycles. The number of hydrogen-bond donors (Lipinski definition) is 0. The van der Waals surface area contributed by atoms with Crippen LogP contribution in [-0.2, 0) is 11.3 Å². The number of halogens is 2. The van der Waals surface area contributed by atoms with Crippen LogP contribution in [-0.4, -0.2) is 65.8 Å². The highest BCUT2D eigenvalue weighted by molar-refractivity contribution is 6.30. The molecule has 1 fully saturated rings. The third-order valence-electron chi connectivity index (χ3n) is 5.48. The Bertz CT molecular complexity index is 908. The minimum Gasteiger partial charge on any atom is -0.340 e. The first-order chi connectivity index (χ1) is 14.3. The molecule has 0 aliphatic carbocycles. The van der Waals surface area contributed by atoms with Crippen molar-refractivity contribution < 1.29 is 14.0 Å². The molecule has 0 aromatic heterocycles. The van der Waals surface area contributed by atoms with E-state index in [1.54, 1.807) is 42.3 Å². The summed E-state index contributed by atoms with van der Waals surface area (Å²) in [7, 11) is 1.73. The average molecular weight is 432 g/mol. The predicted molar refractivity (Wildman–Crippen MR) is 116 cm³/mol. The van der Waals surface area contributed by atoms with Gasteiger partial charge in [0.05, 0.1) is 6.04 Å². The van der Waals surface area contributed by atoms with E-state index in [4.69, 9.17) is 11.6 Å². The lowest BCUT2D eigenvalue weighted by molar-refractivity contribution is -0.135. The van der Waals surface area contributed by atoms with E-state index in [0.717, 1.165) is 18.5 Å². The number of amides is 2. The fourth-order valence-corrected chi connectivity index (χ4v) is 3.98. The standard InChI is InChI=1S/C23H27ClFN3O2/c1-17(22(29)26(2)16-18-6-3-9-21(25)14-18)27-10-5-11-28(13-12-27)23(30)19-7-4-8-20(24)15-19/h3-4,6-9,14-15,17H,5,10-13,16H2,1-2H3. The van der Waals surface area contributed by atoms with E-state index in [0.29, 0.717) is 36.8 Å². The van der Waals surface area contributed by atoms with Gasteiger partial charge in [-0.05, 0) is 49.2 Å². The fraction of sp³-hybridized carbons (Fsp3) is 0.391. The van der Waals surface area contributed by atoms with Gasteiger partial charge in [0.25, 0.3) is 5.91 Å². The van der Waals surface area contributed by atoms with Crippen molar-refractivity contribution in [1.82, 2.24) is 14.7 Å². The van der Waals surface area contributed by atoms with Gasteiger partial charge >= 0.3 is 0 Å². The van der Waals surface area contributed by atoms with Crippen molar-refractivity contribution in [2.24, 2.45) is 0 Å². The summed E-state index contributed by atoms with van der Waals surface area (Å²) < 4.78 is 13.4. The molecule has 0 bridgehead atoms. The summed E-state index contributed by atoms with van der Waals surface area (Å²) in [6, 6.07) is 12.9. The molecule has 0 spiro atoms. The molecule has 0 N–H and O–H groups in total. The van der Waals surface area contributed by atoms with Crippen LogP contribution >= 0.6 is 11.6 Å². The van der Waals surface area contributed by atoms with E-state index in [2.05, 4.69) is 4.90 Å². The van der Waals surface area contributed by atoms with Crippen LogP contribution in [0.2, 0.25) is 5.02 Å². The van der Waals surface area contributed by atoms with E-state index < -0.39 is 0 Å². The highest BCUT2D eigenvalue weighted by atomic mass is 35.5. The molecule has 0 saturated carbocycles. The summed E-state index contributed by atoms with van der Waals surface area (Å²) in [4.78, 5) is 31.3. The Labute approximate surface area is 182 Å². The summed E-state index contributed by atoms with van der Waals surface area (Å²) >= 11 is 6.01. The SMILES string of the molecule is CC(C(=O)N(C)Cc1cccc(F)c1)N1CCCN(C(=O)c2cccc(Cl)c2)CC1. The number of nitrogens with zero attached hydrogens (tertiary/aromatic N) is 3. The van der Waals surface area contributed by atoms with Crippen molar-refractivity contribution in [1.29, 1.82) is 0 Å². The maximum absolute atomic E-state index is 13.4. The zero-order valence-corrected chi connectivity index (χ0v) is 18.1. The maximum Gasteiger partial charge on any atom is 0.253 e. The first kappa shape index (κ1) is 22.2. The van der Waals surface area contributed by atoms with Gasteiger partial charge < -0.3 is 9.80 Å². The molecule has 1 unspecified atom stereocenters. The number of likely N-dealkylation sites (N-methyl/N-ethyl adjacent to an activating group) is 1. The number of hydrogen-bond acceptors (Lipinski definition) is 3. The lowest BCUT2D eigenvalue weighted by atomic mass is 10.2. The molecule has 1 aliphatic rings. The van der Waals surface area contributed by atoms with E-state index in [-0.39, 0.29) is 23.7 Å². The molecule has 30 heavy (non-hydrogen) atoms. The molecular formula is C23H27ClFN3O2. The van der Waals surface area contributed by atoms with Gasteiger partial charge in [-0.1, -0.05) is 29.8 Å². The van der Waals surface area contributed by atoms with Crippen molar-refractivity contribution in [3.05, 3.63) is 70.5 Å². The third-order valence-corrected chi connectivity index (χ3v) is 5.71. The number of rotatable bonds is 5. The lowest BCUT2D eigenvalue weighted by Crippen LogP contribution is -2.47. The van der Waals surface area contributed by atoms with Crippen LogP contribution < -0.4 is 0 Å². The molecule has 2 aromatic carbocycles. The van der Waals surface area contributed by atoms with Crippen LogP contribution in [0.5, 0.6) is 0 Å². The van der Waals surface area contributed by atoms with Crippen LogP contribution in [0.1, 0.15) is 29.3 Å². The Morgan fingerprint density at radius 2 is 1.87 bits per heavy atom. The molecule has 5 nitrogen and oxygen atoms in total. The second-order valence-electron chi connectivity index (χ2n) is 7.69. The Balaban J connectivity index is 1.58. The van der Waals surface area contributed by atoms with E-state index in [1.165, 1.54) is 12.1 Å². The Morgan fingerprint density at radius 1 is 1.10 bits per heavy atom. The molecule has 7 heteroatoms. The Hall–Kier alpha value is -2.44.